The summed E-state index contributed by atoms with van der Waals surface area (Å²) in [5.41, 5.74) is 3.04. The number of ether oxygens (including phenoxy) is 1. The Kier molecular flexibility index (Phi) is 4.85. The number of rotatable bonds is 6. The van der Waals surface area contributed by atoms with Crippen LogP contribution < -0.4 is 9.46 Å². The first-order valence-corrected chi connectivity index (χ1v) is 11.6. The zero-order chi connectivity index (χ0) is 22.5. The Morgan fingerprint density at radius 2 is 1.81 bits per heavy atom. The Morgan fingerprint density at radius 3 is 2.56 bits per heavy atom. The fraction of sp³-hybridized carbons (Fsp3) is 0.174. The number of fused-ring (bicyclic) bond motifs is 1. The number of pyridine rings is 1. The van der Waals surface area contributed by atoms with Crippen LogP contribution in [0, 0.1) is 18.6 Å². The lowest BCUT2D eigenvalue weighted by Crippen LogP contribution is -2.17. The van der Waals surface area contributed by atoms with Crippen molar-refractivity contribution in [2.24, 2.45) is 0 Å². The van der Waals surface area contributed by atoms with Crippen molar-refractivity contribution < 1.29 is 21.9 Å². The topological polar surface area (TPSA) is 84.1 Å². The van der Waals surface area contributed by atoms with Gasteiger partial charge in [0.05, 0.1) is 5.25 Å². The Hall–Kier alpha value is -3.46. The minimum absolute atomic E-state index is 0.143. The molecule has 0 atom stereocenters. The van der Waals surface area contributed by atoms with Gasteiger partial charge in [-0.3, -0.25) is 4.72 Å². The number of benzene rings is 2. The maximum absolute atomic E-state index is 14.3. The maximum Gasteiger partial charge on any atom is 0.235 e. The Labute approximate surface area is 183 Å². The SMILES string of the molecule is Cc1cc(-c2cc(NS(=O)(=O)C3CC3)ccc2Oc2ccc(F)cc2F)c2cc[nH]c2n1. The maximum atomic E-state index is 14.3. The van der Waals surface area contributed by atoms with Gasteiger partial charge >= 0.3 is 0 Å². The van der Waals surface area contributed by atoms with Gasteiger partial charge in [-0.25, -0.2) is 22.2 Å². The minimum atomic E-state index is -3.47. The lowest BCUT2D eigenvalue weighted by atomic mass is 10.0. The molecule has 1 aliphatic rings. The lowest BCUT2D eigenvalue weighted by molar-refractivity contribution is 0.439. The van der Waals surface area contributed by atoms with Crippen LogP contribution in [0.4, 0.5) is 14.5 Å². The molecule has 0 spiro atoms. The largest absolute Gasteiger partial charge is 0.454 e. The van der Waals surface area contributed by atoms with Crippen molar-refractivity contribution in [3.63, 3.8) is 0 Å². The van der Waals surface area contributed by atoms with E-state index >= 15 is 0 Å². The molecule has 4 aromatic rings. The van der Waals surface area contributed by atoms with Gasteiger partial charge in [-0.1, -0.05) is 0 Å². The van der Waals surface area contributed by atoms with Gasteiger partial charge in [-0.05, 0) is 67.8 Å². The molecule has 0 radical (unpaired) electrons. The molecule has 0 saturated heterocycles. The third-order valence-electron chi connectivity index (χ3n) is 5.26. The van der Waals surface area contributed by atoms with Crippen LogP contribution in [0.1, 0.15) is 18.5 Å². The summed E-state index contributed by atoms with van der Waals surface area (Å²) in [4.78, 5) is 7.53. The fourth-order valence-electron chi connectivity index (χ4n) is 3.58. The number of anilines is 1. The van der Waals surface area contributed by atoms with Crippen molar-refractivity contribution in [3.8, 4) is 22.6 Å². The lowest BCUT2D eigenvalue weighted by Gasteiger charge is -2.16. The standard InChI is InChI=1S/C23H19F2N3O3S/c1-13-10-18(17-8-9-26-23(17)27-13)19-12-15(28-32(29,30)16-4-5-16)3-7-21(19)31-22-6-2-14(24)11-20(22)25/h2-3,6-12,16,28H,4-5H2,1H3,(H,26,27). The summed E-state index contributed by atoms with van der Waals surface area (Å²) in [6, 6.07) is 11.5. The molecule has 32 heavy (non-hydrogen) atoms. The van der Waals surface area contributed by atoms with Crippen LogP contribution in [-0.4, -0.2) is 23.6 Å². The van der Waals surface area contributed by atoms with Crippen LogP contribution >= 0.6 is 0 Å². The van der Waals surface area contributed by atoms with E-state index in [1.807, 2.05) is 19.1 Å². The summed E-state index contributed by atoms with van der Waals surface area (Å²) < 4.78 is 60.9. The number of aryl methyl sites for hydroxylation is 1. The molecule has 164 valence electrons. The zero-order valence-corrected chi connectivity index (χ0v) is 17.8. The quantitative estimate of drug-likeness (QED) is 0.401. The summed E-state index contributed by atoms with van der Waals surface area (Å²) in [6.07, 6.45) is 3.03. The molecule has 1 fully saturated rings. The molecule has 2 aromatic carbocycles. The van der Waals surface area contributed by atoms with Crippen LogP contribution in [0.25, 0.3) is 22.2 Å². The highest BCUT2D eigenvalue weighted by Gasteiger charge is 2.35. The molecule has 2 aromatic heterocycles. The number of hydrogen-bond donors (Lipinski definition) is 2. The van der Waals surface area contributed by atoms with Crippen LogP contribution in [0.15, 0.2) is 54.7 Å². The van der Waals surface area contributed by atoms with E-state index in [1.54, 1.807) is 24.4 Å². The van der Waals surface area contributed by atoms with Gasteiger partial charge in [-0.2, -0.15) is 0 Å². The first-order valence-electron chi connectivity index (χ1n) is 10.0. The van der Waals surface area contributed by atoms with Gasteiger partial charge in [0.25, 0.3) is 0 Å². The van der Waals surface area contributed by atoms with Crippen molar-refractivity contribution in [2.75, 3.05) is 4.72 Å². The first-order chi connectivity index (χ1) is 15.3. The third kappa shape index (κ3) is 3.91. The predicted octanol–water partition coefficient (Wildman–Crippen LogP) is 5.51. The number of nitrogens with one attached hydrogen (secondary N) is 2. The first kappa shape index (κ1) is 20.4. The average molecular weight is 455 g/mol. The fourth-order valence-corrected chi connectivity index (χ4v) is 4.96. The molecule has 2 heterocycles. The normalized spacial score (nSPS) is 14.0. The average Bonchev–Trinajstić information content (AvgIpc) is 3.50. The predicted molar refractivity (Wildman–Crippen MR) is 118 cm³/mol. The Morgan fingerprint density at radius 1 is 1.03 bits per heavy atom. The van der Waals surface area contributed by atoms with E-state index in [-0.39, 0.29) is 16.7 Å². The third-order valence-corrected chi connectivity index (χ3v) is 7.13. The molecule has 0 amide bonds. The highest BCUT2D eigenvalue weighted by molar-refractivity contribution is 7.93. The number of nitrogens with zero attached hydrogens (tertiary/aromatic N) is 1. The van der Waals surface area contributed by atoms with Crippen LogP contribution in [0.5, 0.6) is 11.5 Å². The van der Waals surface area contributed by atoms with Crippen molar-refractivity contribution in [1.29, 1.82) is 0 Å². The number of aromatic nitrogens is 2. The van der Waals surface area contributed by atoms with Crippen molar-refractivity contribution in [2.45, 2.75) is 25.0 Å². The number of sulfonamides is 1. The second-order valence-electron chi connectivity index (χ2n) is 7.79. The molecule has 2 N–H and O–H groups in total. The van der Waals surface area contributed by atoms with Gasteiger partial charge in [0.2, 0.25) is 10.0 Å². The highest BCUT2D eigenvalue weighted by atomic mass is 32.2. The van der Waals surface area contributed by atoms with E-state index in [1.165, 1.54) is 6.07 Å². The van der Waals surface area contributed by atoms with Crippen LogP contribution in [0.3, 0.4) is 0 Å². The number of hydrogen-bond acceptors (Lipinski definition) is 4. The summed E-state index contributed by atoms with van der Waals surface area (Å²) >= 11 is 0. The Bertz CT molecular complexity index is 1450. The molecule has 0 aliphatic heterocycles. The van der Waals surface area contributed by atoms with E-state index in [2.05, 4.69) is 14.7 Å². The molecule has 9 heteroatoms. The number of halogens is 2. The number of H-pyrrole nitrogens is 1. The van der Waals surface area contributed by atoms with Gasteiger partial charge in [0.1, 0.15) is 17.2 Å². The molecule has 1 saturated carbocycles. The van der Waals surface area contributed by atoms with E-state index in [9.17, 15) is 17.2 Å². The molecule has 0 unspecified atom stereocenters. The van der Waals surface area contributed by atoms with Crippen molar-refractivity contribution in [1.82, 2.24) is 9.97 Å². The van der Waals surface area contributed by atoms with Gasteiger partial charge < -0.3 is 9.72 Å². The summed E-state index contributed by atoms with van der Waals surface area (Å²) in [5, 5.41) is 0.414. The van der Waals surface area contributed by atoms with Crippen molar-refractivity contribution >= 4 is 26.7 Å². The molecular weight excluding hydrogens is 436 g/mol. The zero-order valence-electron chi connectivity index (χ0n) is 17.0. The molecular formula is C23H19F2N3O3S. The highest BCUT2D eigenvalue weighted by Crippen LogP contribution is 2.40. The van der Waals surface area contributed by atoms with Gasteiger partial charge in [0.15, 0.2) is 11.6 Å². The number of aromatic amines is 1. The van der Waals surface area contributed by atoms with Crippen LogP contribution in [-0.2, 0) is 10.0 Å². The van der Waals surface area contributed by atoms with Gasteiger partial charge in [0, 0.05) is 34.6 Å². The van der Waals surface area contributed by atoms with E-state index in [4.69, 9.17) is 4.74 Å². The van der Waals surface area contributed by atoms with E-state index in [0.29, 0.717) is 29.7 Å². The van der Waals surface area contributed by atoms with Gasteiger partial charge in [-0.15, -0.1) is 0 Å². The summed E-state index contributed by atoms with van der Waals surface area (Å²) in [7, 11) is -3.47. The summed E-state index contributed by atoms with van der Waals surface area (Å²) in [6.45, 7) is 1.84. The van der Waals surface area contributed by atoms with E-state index < -0.39 is 21.7 Å². The second-order valence-corrected chi connectivity index (χ2v) is 9.75. The smallest absolute Gasteiger partial charge is 0.235 e. The second kappa shape index (κ2) is 7.59. The summed E-state index contributed by atoms with van der Waals surface area (Å²) in [5.74, 6) is -1.40. The molecule has 1 aliphatic carbocycles. The minimum Gasteiger partial charge on any atom is -0.454 e. The van der Waals surface area contributed by atoms with Crippen molar-refractivity contribution in [3.05, 3.63) is 72.1 Å². The molecule has 0 bridgehead atoms. The van der Waals surface area contributed by atoms with Crippen LogP contribution in [0.2, 0.25) is 0 Å². The Balaban J connectivity index is 1.65. The molecule has 6 nitrogen and oxygen atoms in total. The van der Waals surface area contributed by atoms with E-state index in [0.717, 1.165) is 28.8 Å². The molecule has 5 rings (SSSR count). The monoisotopic (exact) mass is 455 g/mol.